The van der Waals surface area contributed by atoms with Gasteiger partial charge in [0.05, 0.1) is 88.8 Å². The van der Waals surface area contributed by atoms with Gasteiger partial charge in [0, 0.05) is 99.1 Å². The summed E-state index contributed by atoms with van der Waals surface area (Å²) in [6.45, 7) is 32.8. The van der Waals surface area contributed by atoms with Gasteiger partial charge in [0.15, 0.2) is 11.2 Å². The van der Waals surface area contributed by atoms with Gasteiger partial charge >= 0.3 is 0 Å². The Morgan fingerprint density at radius 1 is 0.250 bits per heavy atom. The van der Waals surface area contributed by atoms with Crippen LogP contribution in [0.4, 0.5) is 34.1 Å². The van der Waals surface area contributed by atoms with Gasteiger partial charge in [-0.25, -0.2) is 0 Å². The van der Waals surface area contributed by atoms with Crippen LogP contribution < -0.4 is 26.2 Å². The first-order valence-electron chi connectivity index (χ1n) is 50.8. The molecule has 7 nitrogen and oxygen atoms in total. The lowest BCUT2D eigenvalue weighted by molar-refractivity contribution is 0.590. The fraction of sp³-hybridized carbons (Fsp3) is 0.172. The lowest BCUT2D eigenvalue weighted by atomic mass is 9.33. The summed E-state index contributed by atoms with van der Waals surface area (Å²) in [6, 6.07) is 73.0. The number of hydrogen-bond donors (Lipinski definition) is 0. The monoisotopic (exact) mass is 1620 g/mol. The number of para-hydroxylation sites is 6. The minimum atomic E-state index is -0.739. The van der Waals surface area contributed by atoms with Crippen LogP contribution >= 0.6 is 0 Å². The first kappa shape index (κ1) is 59.8. The summed E-state index contributed by atoms with van der Waals surface area (Å²) < 4.78 is 170. The van der Waals surface area contributed by atoms with Gasteiger partial charge in [0.25, 0.3) is 6.71 Å². The highest BCUT2D eigenvalue weighted by Gasteiger charge is 2.47. The van der Waals surface area contributed by atoms with Crippen LogP contribution in [0, 0.1) is 0 Å². The van der Waals surface area contributed by atoms with Gasteiger partial charge in [-0.3, -0.25) is 0 Å². The molecule has 0 atom stereocenters. The molecule has 0 fully saturated rings. The molecule has 0 amide bonds. The molecule has 21 aromatic rings. The van der Waals surface area contributed by atoms with E-state index in [-0.39, 0.29) is 82.2 Å². The molecule has 0 N–H and O–H groups in total. The van der Waals surface area contributed by atoms with Crippen molar-refractivity contribution < 1.29 is 26.3 Å². The first-order valence-corrected chi connectivity index (χ1v) is 42.8. The van der Waals surface area contributed by atoms with Crippen LogP contribution in [0.3, 0.4) is 0 Å². The Labute approximate surface area is 747 Å². The van der Waals surface area contributed by atoms with Crippen LogP contribution in [0.25, 0.3) is 154 Å². The van der Waals surface area contributed by atoms with E-state index in [2.05, 4.69) is 293 Å². The lowest BCUT2D eigenvalue weighted by Gasteiger charge is -2.45. The summed E-state index contributed by atoms with van der Waals surface area (Å²) in [5.74, 6) is 0. The molecule has 23 rings (SSSR count). The molecule has 602 valence electrons. The Morgan fingerprint density at radius 2 is 0.589 bits per heavy atom. The molecule has 0 radical (unpaired) electrons. The Balaban J connectivity index is 0.933. The highest BCUT2D eigenvalue weighted by Crippen LogP contribution is 2.55. The molecule has 2 aliphatic rings. The lowest BCUT2D eigenvalue weighted by Crippen LogP contribution is -2.61. The molecule has 8 heteroatoms. The van der Waals surface area contributed by atoms with Crippen LogP contribution in [0.1, 0.15) is 154 Å². The highest BCUT2D eigenvalue weighted by molar-refractivity contribution is 7.00. The van der Waals surface area contributed by atoms with E-state index >= 15 is 0 Å². The highest BCUT2D eigenvalue weighted by atomic mass is 16.3. The zero-order valence-electron chi connectivity index (χ0n) is 88.1. The summed E-state index contributed by atoms with van der Waals surface area (Å²) in [5, 5.41) is 4.95. The van der Waals surface area contributed by atoms with Crippen LogP contribution in [0.15, 0.2) is 332 Å². The normalized spacial score (nSPS) is 15.2. The fourth-order valence-electron chi connectivity index (χ4n) is 19.8. The minimum absolute atomic E-state index is 0.0949. The number of aromatic nitrogens is 4. The van der Waals surface area contributed by atoms with Gasteiger partial charge in [-0.15, -0.1) is 0 Å². The molecular formula is C116H99BN6O. The summed E-state index contributed by atoms with van der Waals surface area (Å²) in [7, 11) is 0. The van der Waals surface area contributed by atoms with E-state index in [9.17, 15) is 19.2 Å². The zero-order valence-corrected chi connectivity index (χ0v) is 72.1. The Kier molecular flexibility index (Phi) is 12.9. The second kappa shape index (κ2) is 26.8. The second-order valence-electron chi connectivity index (χ2n) is 39.0. The van der Waals surface area contributed by atoms with E-state index in [4.69, 9.17) is 7.16 Å². The van der Waals surface area contributed by atoms with Gasteiger partial charge in [0.1, 0.15) is 0 Å². The standard InChI is InChI=1S/C116H99BN6O/c1-112(2,3)72-48-56-98-88(60-72)89-61-73(113(4,5)6)49-57-99(89)118(98)77-52-54-92-104(66-77)122(103-47-31-41-85-84-40-30-46-102(110(84)124-111(85)103)121-96-44-28-24-38-82(96)83-39-25-29-45-97(83)121)106-68-79(120-94-42-26-22-36-80(94)81-37-23-27-43-95(81)120)69-107-108(106)117(92)93-55-53-78(119-100-58-50-74(114(7,8)9)62-90(100)91-63-75(115(10,11)12)51-59-101(91)119)67-105(93)123(107)109-86(70-32-18-16-19-33-70)64-76(116(13,14)15)65-87(109)71-34-20-17-21-35-71/h16-69H,1-15H3/i22D,23D,24D,25D,26D,27D,28D,29D,36D,37D,38D,39D,42D,43D,44D,45D. The second-order valence-corrected chi connectivity index (χ2v) is 39.0. The topological polar surface area (TPSA) is 39.3 Å². The quantitative estimate of drug-likeness (QED) is 0.142. The summed E-state index contributed by atoms with van der Waals surface area (Å²) in [5.41, 5.74) is 20.1. The number of anilines is 6. The van der Waals surface area contributed by atoms with Crippen molar-refractivity contribution in [1.29, 1.82) is 0 Å². The SMILES string of the molecule is [2H]c1c([2H])c([2H])c2c(c1[2H])c1c([2H])c([2H])c([2H])c([2H])c1n2-c1cc2c3c(c1)N(c1cccc4c1oc1c(-n5c6c([2H])c([2H])c([2H])c([2H])c6c6c([2H])c([2H])c([2H])c([2H])c65)cccc14)c1cc(-n4c5ccc(C(C)(C)C)cc5c5cc(C(C)(C)C)ccc54)ccc1B3c1ccc(-n3c4ccc(C(C)(C)C)cc4c4cc(C(C)(C)C)ccc43)cc1N2c1c(-c2ccccc2)cc(C(C)(C)C)cc1-c1ccccc1. The average molecular weight is 1620 g/mol. The van der Waals surface area contributed by atoms with Crippen LogP contribution in [-0.2, 0) is 27.1 Å². The Bertz CT molecular complexity index is 8770. The van der Waals surface area contributed by atoms with Gasteiger partial charge in [-0.05, 0) is 216 Å². The number of hydrogen-bond acceptors (Lipinski definition) is 3. The van der Waals surface area contributed by atoms with Gasteiger partial charge < -0.3 is 32.5 Å². The van der Waals surface area contributed by atoms with Gasteiger partial charge in [-0.1, -0.05) is 298 Å². The number of furan rings is 1. The minimum Gasteiger partial charge on any atom is -0.452 e. The number of fused-ring (bicyclic) bond motifs is 19. The van der Waals surface area contributed by atoms with Crippen LogP contribution in [-0.4, -0.2) is 25.0 Å². The van der Waals surface area contributed by atoms with Crippen molar-refractivity contribution in [2.45, 2.75) is 131 Å². The molecule has 0 saturated carbocycles. The smallest absolute Gasteiger partial charge is 0.252 e. The van der Waals surface area contributed by atoms with Crippen LogP contribution in [0.5, 0.6) is 0 Å². The molecule has 2 aliphatic heterocycles. The molecule has 0 spiro atoms. The van der Waals surface area contributed by atoms with Crippen molar-refractivity contribution in [2.75, 3.05) is 9.80 Å². The third kappa shape index (κ3) is 11.4. The van der Waals surface area contributed by atoms with E-state index in [0.717, 1.165) is 122 Å². The van der Waals surface area contributed by atoms with E-state index in [0.29, 0.717) is 39.1 Å². The largest absolute Gasteiger partial charge is 0.452 e. The van der Waals surface area contributed by atoms with Crippen molar-refractivity contribution in [3.8, 4) is 45.0 Å². The third-order valence-corrected chi connectivity index (χ3v) is 26.2. The predicted molar refractivity (Wildman–Crippen MR) is 529 cm³/mol. The maximum absolute atomic E-state index is 10.4. The van der Waals surface area contributed by atoms with Gasteiger partial charge in [-0.2, -0.15) is 0 Å². The molecule has 124 heavy (non-hydrogen) atoms. The Hall–Kier alpha value is -13.8. The van der Waals surface area contributed by atoms with E-state index in [1.54, 1.807) is 16.7 Å². The molecule has 5 aromatic heterocycles. The molecule has 0 bridgehead atoms. The van der Waals surface area contributed by atoms with Gasteiger partial charge in [0.2, 0.25) is 0 Å². The Morgan fingerprint density at radius 3 is 0.984 bits per heavy atom. The summed E-state index contributed by atoms with van der Waals surface area (Å²) >= 11 is 0. The maximum Gasteiger partial charge on any atom is 0.252 e. The fourth-order valence-corrected chi connectivity index (χ4v) is 19.8. The summed E-state index contributed by atoms with van der Waals surface area (Å²) in [4.78, 5) is 4.58. The maximum atomic E-state index is 10.4. The number of benzene rings is 16. The van der Waals surface area contributed by atoms with E-state index < -0.39 is 109 Å². The molecule has 7 heterocycles. The number of rotatable bonds is 8. The number of nitrogens with zero attached hydrogens (tertiary/aromatic N) is 6. The molecule has 0 unspecified atom stereocenters. The van der Waals surface area contributed by atoms with Crippen molar-refractivity contribution in [3.63, 3.8) is 0 Å². The summed E-state index contributed by atoms with van der Waals surface area (Å²) in [6.07, 6.45) is 0. The van der Waals surface area contributed by atoms with Crippen molar-refractivity contribution in [1.82, 2.24) is 18.3 Å². The van der Waals surface area contributed by atoms with E-state index in [1.165, 1.54) is 15.7 Å². The van der Waals surface area contributed by atoms with Crippen LogP contribution in [0.2, 0.25) is 0 Å². The zero-order chi connectivity index (χ0) is 98.6. The molecule has 0 saturated heterocycles. The predicted octanol–water partition coefficient (Wildman–Crippen LogP) is 29.9. The van der Waals surface area contributed by atoms with E-state index in [1.807, 2.05) is 48.5 Å². The average Bonchev–Trinajstić information content (AvgIpc) is 1.22. The third-order valence-electron chi connectivity index (χ3n) is 26.2. The molecule has 0 aliphatic carbocycles. The van der Waals surface area contributed by atoms with Crippen molar-refractivity contribution >= 4 is 166 Å². The first-order chi connectivity index (χ1) is 66.3. The van der Waals surface area contributed by atoms with Crippen molar-refractivity contribution in [2.24, 2.45) is 0 Å². The molecule has 16 aromatic carbocycles. The molecular weight excluding hydrogens is 1500 g/mol. The van der Waals surface area contributed by atoms with Crippen molar-refractivity contribution in [3.05, 3.63) is 355 Å².